The summed E-state index contributed by atoms with van der Waals surface area (Å²) in [6.45, 7) is 0.700. The predicted octanol–water partition coefficient (Wildman–Crippen LogP) is 4.45. The molecule has 0 saturated carbocycles. The van der Waals surface area contributed by atoms with Crippen molar-refractivity contribution in [3.63, 3.8) is 0 Å². The maximum atomic E-state index is 12.4. The van der Waals surface area contributed by atoms with Crippen molar-refractivity contribution in [1.29, 1.82) is 0 Å². The molecule has 0 N–H and O–H groups in total. The van der Waals surface area contributed by atoms with Crippen LogP contribution in [0.5, 0.6) is 46.0 Å². The van der Waals surface area contributed by atoms with E-state index in [9.17, 15) is 19.8 Å². The van der Waals surface area contributed by atoms with Crippen LogP contribution in [0, 0.1) is 0 Å². The van der Waals surface area contributed by atoms with Gasteiger partial charge >= 0.3 is 0 Å². The summed E-state index contributed by atoms with van der Waals surface area (Å²) >= 11 is 2.13. The van der Waals surface area contributed by atoms with E-state index in [1.807, 2.05) is 74.8 Å². The number of likely N-dealkylation sites (N-methyl/N-ethyl adjacent to an activating group) is 2. The number of nitrogens with zero attached hydrogens (tertiary/aromatic N) is 2. The van der Waals surface area contributed by atoms with Gasteiger partial charge in [-0.3, -0.25) is 0 Å². The van der Waals surface area contributed by atoms with E-state index in [1.165, 1.54) is 0 Å². The highest BCUT2D eigenvalue weighted by molar-refractivity contribution is 14.1. The summed E-state index contributed by atoms with van der Waals surface area (Å²) in [5.74, 6) is 1.55. The van der Waals surface area contributed by atoms with Crippen molar-refractivity contribution < 1.29 is 57.2 Å². The molecule has 290 valence electrons. The standard InChI is InChI=1S/C42H45IN2O10/c1-44(22-38(46)47)14-12-27-19-34(51-4)36-21-30(27)31(44)16-25-6-9-29(10-7-25)54-35-18-26(8-11-33(35)50-3)17-32-40-28(13-15-45(32,2)23-39(48)49)20-37(52-5)41(53-24-43)42(40)55-36/h6-11,18-21,31-32H,12-17,22-24H2,1-5H3. The number of benzene rings is 4. The zero-order valence-corrected chi connectivity index (χ0v) is 33.8. The fourth-order valence-corrected chi connectivity index (χ4v) is 9.03. The van der Waals surface area contributed by atoms with Crippen molar-refractivity contribution in [2.75, 3.05) is 66.2 Å². The van der Waals surface area contributed by atoms with Crippen LogP contribution in [0.1, 0.15) is 45.5 Å². The number of quaternary nitrogens is 2. The number of alkyl halides is 1. The van der Waals surface area contributed by atoms with Gasteiger partial charge in [0.2, 0.25) is 5.75 Å². The lowest BCUT2D eigenvalue weighted by Crippen LogP contribution is -2.56. The van der Waals surface area contributed by atoms with Crippen molar-refractivity contribution in [3.8, 4) is 46.0 Å². The number of halogens is 1. The van der Waals surface area contributed by atoms with Gasteiger partial charge < -0.3 is 57.2 Å². The summed E-state index contributed by atoms with van der Waals surface area (Å²) in [6.07, 6.45) is 2.10. The van der Waals surface area contributed by atoms with E-state index in [4.69, 9.17) is 28.4 Å². The highest BCUT2D eigenvalue weighted by Crippen LogP contribution is 2.54. The Morgan fingerprint density at radius 2 is 1.31 bits per heavy atom. The monoisotopic (exact) mass is 864 g/mol. The fraction of sp³-hybridized carbons (Fsp3) is 0.381. The molecule has 4 aliphatic heterocycles. The molecule has 0 aromatic heterocycles. The summed E-state index contributed by atoms with van der Waals surface area (Å²) < 4.78 is 38.1. The van der Waals surface area contributed by atoms with Crippen LogP contribution in [-0.2, 0) is 35.3 Å². The third-order valence-corrected chi connectivity index (χ3v) is 11.9. The molecule has 0 fully saturated rings. The second-order valence-corrected chi connectivity index (χ2v) is 15.6. The quantitative estimate of drug-likeness (QED) is 0.135. The minimum absolute atomic E-state index is 0.133. The van der Waals surface area contributed by atoms with E-state index in [2.05, 4.69) is 22.6 Å². The molecule has 4 heterocycles. The number of hydrogen-bond acceptors (Lipinski definition) is 10. The summed E-state index contributed by atoms with van der Waals surface area (Å²) in [5.41, 5.74) is 5.61. The van der Waals surface area contributed by atoms with Crippen LogP contribution in [0.3, 0.4) is 0 Å². The lowest BCUT2D eigenvalue weighted by atomic mass is 9.85. The van der Waals surface area contributed by atoms with Gasteiger partial charge in [0, 0.05) is 31.2 Å². The summed E-state index contributed by atoms with van der Waals surface area (Å²) in [6, 6.07) is 18.7. The van der Waals surface area contributed by atoms with Crippen LogP contribution < -0.4 is 38.6 Å². The van der Waals surface area contributed by atoms with Gasteiger partial charge in [0.25, 0.3) is 0 Å². The van der Waals surface area contributed by atoms with Gasteiger partial charge in [0.15, 0.2) is 34.5 Å². The molecule has 0 saturated heterocycles. The maximum absolute atomic E-state index is 12.4. The number of carboxylic acid groups (broad SMARTS) is 2. The molecule has 13 heteroatoms. The zero-order valence-electron chi connectivity index (χ0n) is 31.6. The van der Waals surface area contributed by atoms with Crippen LogP contribution in [0.15, 0.2) is 60.7 Å². The summed E-state index contributed by atoms with van der Waals surface area (Å²) in [5, 5.41) is 24.7. The number of aliphatic carboxylic acids is 2. The molecule has 0 amide bonds. The van der Waals surface area contributed by atoms with Crippen molar-refractivity contribution in [2.45, 2.75) is 37.8 Å². The van der Waals surface area contributed by atoms with Crippen LogP contribution in [0.2, 0.25) is 0 Å². The molecule has 4 aliphatic rings. The first-order chi connectivity index (χ1) is 26.4. The Morgan fingerprint density at radius 1 is 0.727 bits per heavy atom. The number of rotatable bonds is 9. The van der Waals surface area contributed by atoms with E-state index < -0.39 is 18.0 Å². The molecule has 6 bridgehead atoms. The Hall–Kier alpha value is -4.73. The number of ether oxygens (including phenoxy) is 6. The van der Waals surface area contributed by atoms with Crippen LogP contribution in [-0.4, -0.2) is 87.1 Å². The molecule has 0 radical (unpaired) electrons. The molecule has 55 heavy (non-hydrogen) atoms. The Kier molecular flexibility index (Phi) is 10.8. The van der Waals surface area contributed by atoms with Crippen LogP contribution in [0.25, 0.3) is 0 Å². The molecule has 12 nitrogen and oxygen atoms in total. The Labute approximate surface area is 334 Å². The van der Waals surface area contributed by atoms with Gasteiger partial charge in [-0.2, -0.15) is 0 Å². The van der Waals surface area contributed by atoms with Gasteiger partial charge in [0.05, 0.1) is 66.0 Å². The molecular formula is C42H45IN2O10. The summed E-state index contributed by atoms with van der Waals surface area (Å²) in [7, 11) is 8.66. The molecule has 4 aromatic carbocycles. The number of carbonyl (C=O) groups excluding carboxylic acids is 2. The van der Waals surface area contributed by atoms with E-state index in [1.54, 1.807) is 21.3 Å². The van der Waals surface area contributed by atoms with E-state index in [0.717, 1.165) is 33.4 Å². The minimum Gasteiger partial charge on any atom is -0.544 e. The Morgan fingerprint density at radius 3 is 1.95 bits per heavy atom. The largest absolute Gasteiger partial charge is 0.544 e. The molecule has 4 aromatic rings. The average molecular weight is 865 g/mol. The second kappa shape index (κ2) is 15.4. The van der Waals surface area contributed by atoms with E-state index in [-0.39, 0.29) is 32.7 Å². The van der Waals surface area contributed by atoms with Gasteiger partial charge in [-0.25, -0.2) is 0 Å². The Balaban J connectivity index is 1.53. The van der Waals surface area contributed by atoms with Crippen molar-refractivity contribution >= 4 is 34.5 Å². The number of carboxylic acids is 2. The first-order valence-corrected chi connectivity index (χ1v) is 19.7. The SMILES string of the molecule is COc1ccc2cc1Oc1ccc(cc1)CC1c3cc(c(OC)cc3CC[N+]1(C)CC(=O)[O-])Oc1c(OCI)c(OC)cc3c1C(C2)[N+](C)(CC(=O)[O-])CC3. The topological polar surface area (TPSA) is 136 Å². The number of carbonyl (C=O) groups is 2. The molecule has 4 atom stereocenters. The fourth-order valence-electron chi connectivity index (χ4n) is 8.72. The Bertz CT molecular complexity index is 2120. The van der Waals surface area contributed by atoms with Gasteiger partial charge in [-0.15, -0.1) is 0 Å². The number of fused-ring (bicyclic) bond motifs is 2. The zero-order chi connectivity index (χ0) is 39.1. The molecule has 0 aliphatic carbocycles. The lowest BCUT2D eigenvalue weighted by molar-refractivity contribution is -0.936. The number of hydrogen-bond donors (Lipinski definition) is 0. The second-order valence-electron chi connectivity index (χ2n) is 15.0. The van der Waals surface area contributed by atoms with Crippen LogP contribution >= 0.6 is 22.6 Å². The molecule has 0 spiro atoms. The predicted molar refractivity (Wildman–Crippen MR) is 207 cm³/mol. The molecule has 8 rings (SSSR count). The number of methoxy groups -OCH3 is 3. The highest BCUT2D eigenvalue weighted by atomic mass is 127. The lowest BCUT2D eigenvalue weighted by Gasteiger charge is -2.47. The average Bonchev–Trinajstić information content (AvgIpc) is 3.14. The van der Waals surface area contributed by atoms with Crippen molar-refractivity contribution in [2.24, 2.45) is 0 Å². The van der Waals surface area contributed by atoms with Crippen molar-refractivity contribution in [3.05, 3.63) is 94.0 Å². The molecule has 4 unspecified atom stereocenters. The normalized spacial score (nSPS) is 22.5. The van der Waals surface area contributed by atoms with Gasteiger partial charge in [-0.1, -0.05) is 18.2 Å². The highest BCUT2D eigenvalue weighted by Gasteiger charge is 2.45. The van der Waals surface area contributed by atoms with E-state index in [0.29, 0.717) is 84.8 Å². The third kappa shape index (κ3) is 7.49. The first kappa shape index (κ1) is 38.5. The van der Waals surface area contributed by atoms with Crippen molar-refractivity contribution in [1.82, 2.24) is 0 Å². The van der Waals surface area contributed by atoms with Gasteiger partial charge in [0.1, 0.15) is 35.5 Å². The maximum Gasteiger partial charge on any atom is 0.205 e. The van der Waals surface area contributed by atoms with Crippen LogP contribution in [0.4, 0.5) is 0 Å². The summed E-state index contributed by atoms with van der Waals surface area (Å²) in [4.78, 5) is 24.7. The van der Waals surface area contributed by atoms with E-state index >= 15 is 0 Å². The molecular weight excluding hydrogens is 819 g/mol. The smallest absolute Gasteiger partial charge is 0.205 e. The third-order valence-electron chi connectivity index (χ3n) is 11.6. The minimum atomic E-state index is -1.16. The first-order valence-electron chi connectivity index (χ1n) is 18.2. The van der Waals surface area contributed by atoms with Gasteiger partial charge in [-0.05, 0) is 87.3 Å².